The highest BCUT2D eigenvalue weighted by atomic mass is 16.5. The van der Waals surface area contributed by atoms with Gasteiger partial charge in [-0.05, 0) is 71.1 Å². The van der Waals surface area contributed by atoms with Crippen LogP contribution in [-0.4, -0.2) is 46.4 Å². The van der Waals surface area contributed by atoms with Crippen molar-refractivity contribution in [3.63, 3.8) is 0 Å². The first kappa shape index (κ1) is 24.4. The largest absolute Gasteiger partial charge is 0.462 e. The molecule has 0 spiro atoms. The van der Waals surface area contributed by atoms with Crippen LogP contribution in [0.25, 0.3) is 0 Å². The normalized spacial score (nSPS) is 20.9. The monoisotopic (exact) mass is 442 g/mol. The third-order valence-electron chi connectivity index (χ3n) is 6.68. The molecule has 2 amide bonds. The van der Waals surface area contributed by atoms with Crippen molar-refractivity contribution in [1.82, 2.24) is 10.2 Å². The van der Waals surface area contributed by atoms with Crippen LogP contribution in [0.2, 0.25) is 0 Å². The molecule has 32 heavy (non-hydrogen) atoms. The number of carbonyl (C=O) groups is 3. The second kappa shape index (κ2) is 9.34. The number of fused-ring (bicyclic) bond motifs is 1. The maximum atomic E-state index is 13.3. The van der Waals surface area contributed by atoms with Gasteiger partial charge >= 0.3 is 5.97 Å². The number of nitrogens with zero attached hydrogens (tertiary/aromatic N) is 1. The Kier molecular flexibility index (Phi) is 7.13. The van der Waals surface area contributed by atoms with E-state index < -0.39 is 5.97 Å². The fourth-order valence-corrected chi connectivity index (χ4v) is 5.34. The van der Waals surface area contributed by atoms with Gasteiger partial charge in [0.2, 0.25) is 0 Å². The van der Waals surface area contributed by atoms with Gasteiger partial charge in [-0.2, -0.15) is 0 Å². The number of carbonyl (C=O) groups excluding carboxylic acids is 3. The molecule has 1 atom stereocenters. The average molecular weight is 443 g/mol. The Balaban J connectivity index is 1.75. The number of benzene rings is 1. The second-order valence-electron chi connectivity index (χ2n) is 10.7. The lowest BCUT2D eigenvalue weighted by Gasteiger charge is -2.48. The maximum Gasteiger partial charge on any atom is 0.338 e. The van der Waals surface area contributed by atoms with Gasteiger partial charge in [0, 0.05) is 17.1 Å². The summed E-state index contributed by atoms with van der Waals surface area (Å²) in [5.74, 6) is -0.675. The molecule has 2 heterocycles. The Morgan fingerprint density at radius 3 is 2.31 bits per heavy atom. The van der Waals surface area contributed by atoms with Gasteiger partial charge in [0.25, 0.3) is 11.8 Å². The molecule has 6 heteroatoms. The number of hydrogen-bond donors (Lipinski definition) is 1. The fourth-order valence-electron chi connectivity index (χ4n) is 5.34. The number of imide groups is 1. The van der Waals surface area contributed by atoms with Crippen LogP contribution < -0.4 is 5.32 Å². The van der Waals surface area contributed by atoms with Crippen LogP contribution in [0.4, 0.5) is 0 Å². The van der Waals surface area contributed by atoms with Crippen LogP contribution in [0.5, 0.6) is 0 Å². The lowest BCUT2D eigenvalue weighted by atomic mass is 9.79. The molecule has 0 radical (unpaired) electrons. The first-order valence-corrected chi connectivity index (χ1v) is 12.0. The SMILES string of the molecule is CCCCC(CC)COC(=O)c1ccc2c(c1)C(=O)N(C1CC(C)(C)NC(C)(C)C1)C2=O. The summed E-state index contributed by atoms with van der Waals surface area (Å²) in [6.07, 6.45) is 5.61. The maximum absolute atomic E-state index is 13.3. The number of rotatable bonds is 8. The van der Waals surface area contributed by atoms with Crippen molar-refractivity contribution in [2.45, 2.75) is 97.2 Å². The van der Waals surface area contributed by atoms with Gasteiger partial charge in [-0.15, -0.1) is 0 Å². The van der Waals surface area contributed by atoms with Crippen molar-refractivity contribution in [2.75, 3.05) is 6.61 Å². The highest BCUT2D eigenvalue weighted by Crippen LogP contribution is 2.36. The van der Waals surface area contributed by atoms with Crippen molar-refractivity contribution >= 4 is 17.8 Å². The molecule has 1 saturated heterocycles. The number of amides is 2. The smallest absolute Gasteiger partial charge is 0.338 e. The first-order chi connectivity index (χ1) is 15.0. The van der Waals surface area contributed by atoms with E-state index in [9.17, 15) is 14.4 Å². The van der Waals surface area contributed by atoms with Gasteiger partial charge in [0.05, 0.1) is 23.3 Å². The van der Waals surface area contributed by atoms with Crippen LogP contribution in [-0.2, 0) is 4.74 Å². The van der Waals surface area contributed by atoms with Crippen LogP contribution in [0, 0.1) is 5.92 Å². The number of unbranched alkanes of at least 4 members (excludes halogenated alkanes) is 1. The molecule has 1 aromatic rings. The minimum atomic E-state index is -0.439. The third-order valence-corrected chi connectivity index (χ3v) is 6.68. The lowest BCUT2D eigenvalue weighted by Crippen LogP contribution is -2.62. The first-order valence-electron chi connectivity index (χ1n) is 12.0. The van der Waals surface area contributed by atoms with E-state index >= 15 is 0 Å². The van der Waals surface area contributed by atoms with Crippen molar-refractivity contribution in [3.8, 4) is 0 Å². The molecule has 176 valence electrons. The van der Waals surface area contributed by atoms with Crippen LogP contribution >= 0.6 is 0 Å². The summed E-state index contributed by atoms with van der Waals surface area (Å²) >= 11 is 0. The van der Waals surface area contributed by atoms with Gasteiger partial charge < -0.3 is 10.1 Å². The van der Waals surface area contributed by atoms with Crippen molar-refractivity contribution in [1.29, 1.82) is 0 Å². The molecule has 1 N–H and O–H groups in total. The molecule has 0 aromatic heterocycles. The molecule has 1 aromatic carbocycles. The minimum absolute atomic E-state index is 0.187. The second-order valence-corrected chi connectivity index (χ2v) is 10.7. The van der Waals surface area contributed by atoms with E-state index in [0.717, 1.165) is 25.7 Å². The Bertz CT molecular complexity index is 874. The Hall–Kier alpha value is -2.21. The minimum Gasteiger partial charge on any atom is -0.462 e. The van der Waals surface area contributed by atoms with Crippen LogP contribution in [0.3, 0.4) is 0 Å². The average Bonchev–Trinajstić information content (AvgIpc) is 2.95. The molecule has 0 aliphatic carbocycles. The van der Waals surface area contributed by atoms with Crippen molar-refractivity contribution in [3.05, 3.63) is 34.9 Å². The van der Waals surface area contributed by atoms with Gasteiger partial charge in [-0.3, -0.25) is 14.5 Å². The predicted molar refractivity (Wildman–Crippen MR) is 125 cm³/mol. The zero-order valence-electron chi connectivity index (χ0n) is 20.4. The number of esters is 1. The quantitative estimate of drug-likeness (QED) is 0.455. The van der Waals surface area contributed by atoms with E-state index in [1.165, 1.54) is 11.0 Å². The zero-order valence-corrected chi connectivity index (χ0v) is 20.4. The van der Waals surface area contributed by atoms with Crippen LogP contribution in [0.15, 0.2) is 18.2 Å². The molecular formula is C26H38N2O4. The van der Waals surface area contributed by atoms with Crippen molar-refractivity contribution < 1.29 is 19.1 Å². The summed E-state index contributed by atoms with van der Waals surface area (Å²) < 4.78 is 5.54. The lowest BCUT2D eigenvalue weighted by molar-refractivity contribution is 0.0408. The van der Waals surface area contributed by atoms with E-state index in [1.807, 2.05) is 0 Å². The summed E-state index contributed by atoms with van der Waals surface area (Å²) in [7, 11) is 0. The molecule has 3 rings (SSSR count). The van der Waals surface area contributed by atoms with E-state index in [4.69, 9.17) is 4.74 Å². The third kappa shape index (κ3) is 5.22. The van der Waals surface area contributed by atoms with E-state index in [-0.39, 0.29) is 28.9 Å². The highest BCUT2D eigenvalue weighted by molar-refractivity contribution is 6.22. The predicted octanol–water partition coefficient (Wildman–Crippen LogP) is 4.97. The van der Waals surface area contributed by atoms with E-state index in [1.54, 1.807) is 12.1 Å². The van der Waals surface area contributed by atoms with E-state index in [0.29, 0.717) is 42.1 Å². The van der Waals surface area contributed by atoms with Gasteiger partial charge in [-0.25, -0.2) is 4.79 Å². The molecule has 1 fully saturated rings. The number of nitrogens with one attached hydrogen (secondary N) is 1. The number of hydrogen-bond acceptors (Lipinski definition) is 5. The number of ether oxygens (including phenoxy) is 1. The fraction of sp³-hybridized carbons (Fsp3) is 0.654. The zero-order chi connectivity index (χ0) is 23.7. The van der Waals surface area contributed by atoms with Crippen LogP contribution in [0.1, 0.15) is 111 Å². The molecule has 0 bridgehead atoms. The number of piperidine rings is 1. The summed E-state index contributed by atoms with van der Waals surface area (Å²) in [4.78, 5) is 40.4. The Morgan fingerprint density at radius 1 is 1.09 bits per heavy atom. The Morgan fingerprint density at radius 2 is 1.72 bits per heavy atom. The summed E-state index contributed by atoms with van der Waals surface area (Å²) in [6.45, 7) is 13.0. The molecule has 2 aliphatic heterocycles. The molecule has 1 unspecified atom stereocenters. The molecule has 6 nitrogen and oxygen atoms in total. The van der Waals surface area contributed by atoms with E-state index in [2.05, 4.69) is 46.9 Å². The topological polar surface area (TPSA) is 75.7 Å². The molecular weight excluding hydrogens is 404 g/mol. The summed E-state index contributed by atoms with van der Waals surface area (Å²) in [6, 6.07) is 4.53. The van der Waals surface area contributed by atoms with Crippen molar-refractivity contribution in [2.24, 2.45) is 5.92 Å². The van der Waals surface area contributed by atoms with Gasteiger partial charge in [0.1, 0.15) is 0 Å². The van der Waals surface area contributed by atoms with Gasteiger partial charge in [-0.1, -0.05) is 33.1 Å². The standard InChI is InChI=1S/C26H38N2O4/c1-7-9-10-17(8-2)16-32-24(31)18-11-12-20-21(13-18)23(30)28(22(20)29)19-14-25(3,4)27-26(5,6)15-19/h11-13,17,19,27H,7-10,14-16H2,1-6H3. The highest BCUT2D eigenvalue weighted by Gasteiger charge is 2.47. The molecule has 2 aliphatic rings. The molecule has 0 saturated carbocycles. The van der Waals surface area contributed by atoms with Gasteiger partial charge in [0.15, 0.2) is 0 Å². The Labute approximate surface area is 192 Å². The summed E-state index contributed by atoms with van der Waals surface area (Å²) in [5.41, 5.74) is 0.615. The summed E-state index contributed by atoms with van der Waals surface area (Å²) in [5, 5.41) is 3.59.